The number of phosphoric ester groups is 2. The van der Waals surface area contributed by atoms with E-state index in [9.17, 15) is 13.9 Å². The van der Waals surface area contributed by atoms with Gasteiger partial charge in [-0.3, -0.25) is 31.9 Å². The number of phosphoric acid groups is 2. The number of Topliss-reactive ketones (excluding diaryl/α,β-unsaturated/α-hetero) is 1. The van der Waals surface area contributed by atoms with Gasteiger partial charge in [-0.1, -0.05) is 162 Å². The van der Waals surface area contributed by atoms with Crippen LogP contribution in [0.1, 0.15) is 101 Å². The largest absolute Gasteiger partial charge is 0.475 e. The summed E-state index contributed by atoms with van der Waals surface area (Å²) in [4.78, 5) is 12.8. The second-order valence-corrected chi connectivity index (χ2v) is 19.1. The molecule has 0 aliphatic rings. The molecule has 0 N–H and O–H groups in total. The van der Waals surface area contributed by atoms with E-state index in [2.05, 4.69) is 27.7 Å². The summed E-state index contributed by atoms with van der Waals surface area (Å²) in [7, 11) is -7.72. The van der Waals surface area contributed by atoms with Crippen LogP contribution in [0.4, 0.5) is 0 Å². The maximum atomic E-state index is 13.7. The van der Waals surface area contributed by atoms with Gasteiger partial charge in [0.2, 0.25) is 0 Å². The van der Waals surface area contributed by atoms with E-state index < -0.39 is 15.6 Å². The van der Waals surface area contributed by atoms with Crippen LogP contribution in [0.15, 0.2) is 121 Å². The van der Waals surface area contributed by atoms with Crippen LogP contribution < -0.4 is 0 Å². The maximum absolute atomic E-state index is 13.7. The van der Waals surface area contributed by atoms with E-state index >= 15 is 0 Å². The molecule has 4 aromatic rings. The van der Waals surface area contributed by atoms with Gasteiger partial charge < -0.3 is 0 Å². The van der Waals surface area contributed by atoms with Crippen LogP contribution in [0.5, 0.6) is 0 Å². The monoisotopic (exact) mass is 806 g/mol. The van der Waals surface area contributed by atoms with Crippen molar-refractivity contribution in [3.05, 3.63) is 144 Å². The minimum atomic E-state index is -3.86. The zero-order chi connectivity index (χ0) is 40.2. The SMILES string of the molecule is CC(C)(CCCCC(=O)CCCCC(C)(C)COP(=O)(OCc1ccccc1)OCc1ccccc1)COP(=O)(OCc1ccccc1)OCc1ccccc1. The zero-order valence-electron chi connectivity index (χ0n) is 33.5. The third-order valence-electron chi connectivity index (χ3n) is 9.27. The van der Waals surface area contributed by atoms with Gasteiger partial charge in [0.15, 0.2) is 0 Å². The van der Waals surface area contributed by atoms with Crippen molar-refractivity contribution in [1.82, 2.24) is 0 Å². The molecule has 9 nitrogen and oxygen atoms in total. The first kappa shape index (κ1) is 45.5. The van der Waals surface area contributed by atoms with Gasteiger partial charge in [-0.15, -0.1) is 0 Å². The molecule has 0 aromatic heterocycles. The van der Waals surface area contributed by atoms with Crippen molar-refractivity contribution in [2.75, 3.05) is 13.2 Å². The molecular formula is C45H60O9P2. The fourth-order valence-electron chi connectivity index (χ4n) is 5.76. The predicted molar refractivity (Wildman–Crippen MR) is 222 cm³/mol. The lowest BCUT2D eigenvalue weighted by molar-refractivity contribution is -0.119. The summed E-state index contributed by atoms with van der Waals surface area (Å²) >= 11 is 0. The highest BCUT2D eigenvalue weighted by atomic mass is 31.2. The molecule has 0 fully saturated rings. The molecule has 0 unspecified atom stereocenters. The first-order valence-corrected chi connectivity index (χ1v) is 22.5. The number of hydrogen-bond donors (Lipinski definition) is 0. The lowest BCUT2D eigenvalue weighted by Gasteiger charge is -2.27. The Morgan fingerprint density at radius 3 is 0.964 bits per heavy atom. The van der Waals surface area contributed by atoms with E-state index in [-0.39, 0.29) is 56.3 Å². The van der Waals surface area contributed by atoms with Gasteiger partial charge in [-0.2, -0.15) is 0 Å². The average molecular weight is 807 g/mol. The van der Waals surface area contributed by atoms with Crippen molar-refractivity contribution in [2.24, 2.45) is 10.8 Å². The van der Waals surface area contributed by atoms with E-state index in [1.807, 2.05) is 121 Å². The third-order valence-corrected chi connectivity index (χ3v) is 11.9. The standard InChI is InChI=1S/C45H60O9P2/c1-44(2,37-53-55(47,49-33-39-21-9-5-10-22-39)50-34-40-23-11-6-12-24-40)31-19-17-29-43(46)30-18-20-32-45(3,4)38-54-56(48,51-35-41-25-13-7-14-26-41)52-36-42-27-15-8-16-28-42/h5-16,21-28H,17-20,29-38H2,1-4H3. The van der Waals surface area contributed by atoms with Gasteiger partial charge in [0, 0.05) is 12.8 Å². The molecule has 0 aliphatic heterocycles. The van der Waals surface area contributed by atoms with E-state index in [1.165, 1.54) is 0 Å². The quantitative estimate of drug-likeness (QED) is 0.0409. The van der Waals surface area contributed by atoms with Crippen LogP contribution in [0, 0.1) is 10.8 Å². The van der Waals surface area contributed by atoms with Gasteiger partial charge in [0.05, 0.1) is 39.6 Å². The number of carbonyl (C=O) groups excluding carboxylic acids is 1. The molecule has 0 aliphatic carbocycles. The summed E-state index contributed by atoms with van der Waals surface area (Å²) < 4.78 is 62.3. The highest BCUT2D eigenvalue weighted by molar-refractivity contribution is 7.48. The number of hydrogen-bond acceptors (Lipinski definition) is 9. The lowest BCUT2D eigenvalue weighted by Crippen LogP contribution is -2.20. The summed E-state index contributed by atoms with van der Waals surface area (Å²) in [5, 5.41) is 0. The molecule has 0 radical (unpaired) electrons. The molecule has 56 heavy (non-hydrogen) atoms. The van der Waals surface area contributed by atoms with Crippen LogP contribution >= 0.6 is 15.6 Å². The third kappa shape index (κ3) is 18.4. The van der Waals surface area contributed by atoms with E-state index in [0.717, 1.165) is 60.8 Å². The molecular weight excluding hydrogens is 746 g/mol. The molecule has 4 rings (SSSR count). The molecule has 0 saturated heterocycles. The summed E-state index contributed by atoms with van der Waals surface area (Å²) in [5.41, 5.74) is 2.89. The molecule has 11 heteroatoms. The Morgan fingerprint density at radius 1 is 0.429 bits per heavy atom. The Morgan fingerprint density at radius 2 is 0.696 bits per heavy atom. The number of ketones is 1. The normalized spacial score (nSPS) is 12.5. The number of carbonyl (C=O) groups is 1. The Balaban J connectivity index is 1.14. The molecule has 0 amide bonds. The van der Waals surface area contributed by atoms with Crippen molar-refractivity contribution in [1.29, 1.82) is 0 Å². The molecule has 304 valence electrons. The Kier molecular flexibility index (Phi) is 18.9. The van der Waals surface area contributed by atoms with Gasteiger partial charge >= 0.3 is 15.6 Å². The van der Waals surface area contributed by atoms with Crippen molar-refractivity contribution in [2.45, 2.75) is 105 Å². The minimum Gasteiger partial charge on any atom is -0.300 e. The Labute approximate surface area is 334 Å². The fourth-order valence-corrected chi connectivity index (χ4v) is 8.45. The summed E-state index contributed by atoms with van der Waals surface area (Å²) in [6.45, 7) is 9.05. The van der Waals surface area contributed by atoms with E-state index in [4.69, 9.17) is 27.1 Å². The van der Waals surface area contributed by atoms with Crippen LogP contribution in [0.25, 0.3) is 0 Å². The second kappa shape index (κ2) is 23.2. The molecule has 0 atom stereocenters. The van der Waals surface area contributed by atoms with Gasteiger partial charge in [0.25, 0.3) is 0 Å². The van der Waals surface area contributed by atoms with Crippen LogP contribution in [-0.2, 0) is 67.5 Å². The molecule has 0 saturated carbocycles. The van der Waals surface area contributed by atoms with Crippen LogP contribution in [-0.4, -0.2) is 19.0 Å². The zero-order valence-corrected chi connectivity index (χ0v) is 35.3. The summed E-state index contributed by atoms with van der Waals surface area (Å²) in [6.07, 6.45) is 5.84. The summed E-state index contributed by atoms with van der Waals surface area (Å²) in [5.74, 6) is 0.245. The highest BCUT2D eigenvalue weighted by Gasteiger charge is 2.32. The fraction of sp³-hybridized carbons (Fsp3) is 0.444. The number of unbranched alkanes of at least 4 members (excludes halogenated alkanes) is 2. The Hall–Kier alpha value is -3.23. The molecule has 0 bridgehead atoms. The average Bonchev–Trinajstić information content (AvgIpc) is 3.21. The molecule has 4 aromatic carbocycles. The van der Waals surface area contributed by atoms with Crippen LogP contribution in [0.3, 0.4) is 0 Å². The topological polar surface area (TPSA) is 107 Å². The molecule has 0 spiro atoms. The lowest BCUT2D eigenvalue weighted by atomic mass is 9.87. The number of rotatable bonds is 28. The summed E-state index contributed by atoms with van der Waals surface area (Å²) in [6, 6.07) is 38.1. The van der Waals surface area contributed by atoms with Crippen molar-refractivity contribution in [3.63, 3.8) is 0 Å². The van der Waals surface area contributed by atoms with Gasteiger partial charge in [0.1, 0.15) is 5.78 Å². The second-order valence-electron chi connectivity index (χ2n) is 15.8. The van der Waals surface area contributed by atoms with E-state index in [1.54, 1.807) is 0 Å². The van der Waals surface area contributed by atoms with Crippen LogP contribution in [0.2, 0.25) is 0 Å². The van der Waals surface area contributed by atoms with Crippen molar-refractivity contribution in [3.8, 4) is 0 Å². The predicted octanol–water partition coefficient (Wildman–Crippen LogP) is 12.8. The first-order chi connectivity index (χ1) is 26.8. The van der Waals surface area contributed by atoms with Crippen molar-refractivity contribution >= 4 is 21.4 Å². The highest BCUT2D eigenvalue weighted by Crippen LogP contribution is 2.53. The van der Waals surface area contributed by atoms with Gasteiger partial charge in [-0.25, -0.2) is 9.13 Å². The van der Waals surface area contributed by atoms with E-state index in [0.29, 0.717) is 12.8 Å². The number of benzene rings is 4. The molecule has 0 heterocycles. The van der Waals surface area contributed by atoms with Crippen molar-refractivity contribution < 1.29 is 41.1 Å². The smallest absolute Gasteiger partial charge is 0.300 e. The Bertz CT molecular complexity index is 1560. The maximum Gasteiger partial charge on any atom is 0.475 e. The first-order valence-electron chi connectivity index (χ1n) is 19.6. The van der Waals surface area contributed by atoms with Gasteiger partial charge in [-0.05, 0) is 58.8 Å². The minimum absolute atomic E-state index is 0.108.